The van der Waals surface area contributed by atoms with Crippen LogP contribution in [0.5, 0.6) is 0 Å². The third-order valence-corrected chi connectivity index (χ3v) is 4.06. The lowest BCUT2D eigenvalue weighted by atomic mass is 10.0. The van der Waals surface area contributed by atoms with E-state index in [0.717, 1.165) is 0 Å². The highest BCUT2D eigenvalue weighted by Crippen LogP contribution is 2.18. The Balaban J connectivity index is 1.83. The topological polar surface area (TPSA) is 122 Å². The quantitative estimate of drug-likeness (QED) is 0.344. The van der Waals surface area contributed by atoms with Gasteiger partial charge in [-0.15, -0.1) is 0 Å². The van der Waals surface area contributed by atoms with Gasteiger partial charge in [-0.1, -0.05) is 12.1 Å². The molecule has 148 valence electrons. The van der Waals surface area contributed by atoms with E-state index in [1.807, 2.05) is 0 Å². The molecule has 0 saturated heterocycles. The lowest BCUT2D eigenvalue weighted by molar-refractivity contribution is -0.384. The Morgan fingerprint density at radius 3 is 2.46 bits per heavy atom. The number of rotatable bonds is 9. The first-order chi connectivity index (χ1) is 13.3. The summed E-state index contributed by atoms with van der Waals surface area (Å²) in [5.41, 5.74) is 1.26. The van der Waals surface area contributed by atoms with E-state index in [4.69, 9.17) is 0 Å². The van der Waals surface area contributed by atoms with Crippen molar-refractivity contribution in [1.29, 1.82) is 0 Å². The lowest BCUT2D eigenvalue weighted by Crippen LogP contribution is -2.33. The summed E-state index contributed by atoms with van der Waals surface area (Å²) in [7, 11) is 0. The van der Waals surface area contributed by atoms with Crippen molar-refractivity contribution in [1.82, 2.24) is 5.32 Å². The van der Waals surface area contributed by atoms with Gasteiger partial charge in [-0.2, -0.15) is 0 Å². The molecule has 1 atom stereocenters. The molecule has 1 amide bonds. The molecule has 0 aliphatic carbocycles. The van der Waals surface area contributed by atoms with E-state index < -0.39 is 28.7 Å². The van der Waals surface area contributed by atoms with Crippen molar-refractivity contribution >= 4 is 23.3 Å². The second-order valence-electron chi connectivity index (χ2n) is 6.18. The maximum Gasteiger partial charge on any atom is 0.330 e. The standard InChI is InChI=1S/C19H20FN3O5/c1-12-11-13(4-9-16(12)20)18(19(25)26)22-17(24)3-2-10-21-14-5-7-15(8-6-14)23(27)28/h4-9,11,18,21H,2-3,10H2,1H3,(H,22,24)(H,25,26). The van der Waals surface area contributed by atoms with Crippen LogP contribution in [-0.4, -0.2) is 28.5 Å². The number of nitrogens with one attached hydrogen (secondary N) is 2. The van der Waals surface area contributed by atoms with Gasteiger partial charge in [0.2, 0.25) is 5.91 Å². The maximum absolute atomic E-state index is 13.4. The molecule has 0 spiro atoms. The first-order valence-corrected chi connectivity index (χ1v) is 8.54. The predicted octanol–water partition coefficient (Wildman–Crippen LogP) is 3.18. The Labute approximate surface area is 160 Å². The zero-order valence-electron chi connectivity index (χ0n) is 15.1. The molecule has 0 radical (unpaired) electrons. The second-order valence-corrected chi connectivity index (χ2v) is 6.18. The monoisotopic (exact) mass is 389 g/mol. The fourth-order valence-corrected chi connectivity index (χ4v) is 2.55. The Kier molecular flexibility index (Phi) is 7.02. The van der Waals surface area contributed by atoms with Crippen molar-refractivity contribution in [3.63, 3.8) is 0 Å². The van der Waals surface area contributed by atoms with Crippen LogP contribution >= 0.6 is 0 Å². The summed E-state index contributed by atoms with van der Waals surface area (Å²) in [5.74, 6) is -2.13. The summed E-state index contributed by atoms with van der Waals surface area (Å²) in [4.78, 5) is 33.6. The average molecular weight is 389 g/mol. The van der Waals surface area contributed by atoms with E-state index in [1.54, 1.807) is 12.1 Å². The van der Waals surface area contributed by atoms with E-state index in [0.29, 0.717) is 29.8 Å². The van der Waals surface area contributed by atoms with Crippen LogP contribution in [0.25, 0.3) is 0 Å². The van der Waals surface area contributed by atoms with Gasteiger partial charge in [0.15, 0.2) is 6.04 Å². The zero-order chi connectivity index (χ0) is 20.7. The molecule has 2 aromatic rings. The third kappa shape index (κ3) is 5.76. The number of carboxylic acid groups (broad SMARTS) is 1. The molecule has 0 fully saturated rings. The summed E-state index contributed by atoms with van der Waals surface area (Å²) in [5, 5.41) is 25.4. The molecule has 0 heterocycles. The van der Waals surface area contributed by atoms with Gasteiger partial charge >= 0.3 is 5.97 Å². The molecule has 28 heavy (non-hydrogen) atoms. The minimum absolute atomic E-state index is 0.0133. The molecular formula is C19H20FN3O5. The predicted molar refractivity (Wildman–Crippen MR) is 100 cm³/mol. The minimum Gasteiger partial charge on any atom is -0.479 e. The van der Waals surface area contributed by atoms with Gasteiger partial charge in [-0.3, -0.25) is 14.9 Å². The molecule has 0 aliphatic rings. The third-order valence-electron chi connectivity index (χ3n) is 4.06. The van der Waals surface area contributed by atoms with Crippen LogP contribution in [0.4, 0.5) is 15.8 Å². The smallest absolute Gasteiger partial charge is 0.330 e. The molecule has 8 nitrogen and oxygen atoms in total. The first kappa shape index (κ1) is 20.8. The number of aliphatic carboxylic acids is 1. The van der Waals surface area contributed by atoms with Gasteiger partial charge in [0.1, 0.15) is 5.82 Å². The first-order valence-electron chi connectivity index (χ1n) is 8.54. The maximum atomic E-state index is 13.4. The van der Waals surface area contributed by atoms with E-state index in [9.17, 15) is 29.2 Å². The highest BCUT2D eigenvalue weighted by molar-refractivity contribution is 5.84. The lowest BCUT2D eigenvalue weighted by Gasteiger charge is -2.16. The van der Waals surface area contributed by atoms with Gasteiger partial charge in [-0.25, -0.2) is 9.18 Å². The molecule has 0 saturated carbocycles. The number of anilines is 1. The zero-order valence-corrected chi connectivity index (χ0v) is 15.1. The number of amides is 1. The highest BCUT2D eigenvalue weighted by Gasteiger charge is 2.22. The van der Waals surface area contributed by atoms with Crippen molar-refractivity contribution in [2.45, 2.75) is 25.8 Å². The number of carbonyl (C=O) groups is 2. The van der Waals surface area contributed by atoms with Gasteiger partial charge in [0.05, 0.1) is 4.92 Å². The number of non-ortho nitro benzene ring substituents is 1. The summed E-state index contributed by atoms with van der Waals surface area (Å²) < 4.78 is 13.4. The average Bonchev–Trinajstić information content (AvgIpc) is 2.65. The van der Waals surface area contributed by atoms with E-state index in [1.165, 1.54) is 37.3 Å². The molecule has 9 heteroatoms. The molecule has 0 bridgehead atoms. The largest absolute Gasteiger partial charge is 0.479 e. The summed E-state index contributed by atoms with van der Waals surface area (Å²) in [6.07, 6.45) is 0.515. The Morgan fingerprint density at radius 2 is 1.89 bits per heavy atom. The SMILES string of the molecule is Cc1cc(C(NC(=O)CCCNc2ccc([N+](=O)[O-])cc2)C(=O)O)ccc1F. The number of carbonyl (C=O) groups excluding carboxylic acids is 1. The van der Waals surface area contributed by atoms with Gasteiger partial charge in [0, 0.05) is 30.8 Å². The normalized spacial score (nSPS) is 11.5. The van der Waals surface area contributed by atoms with Gasteiger partial charge in [-0.05, 0) is 42.7 Å². The van der Waals surface area contributed by atoms with E-state index in [2.05, 4.69) is 10.6 Å². The van der Waals surface area contributed by atoms with Crippen LogP contribution in [0.2, 0.25) is 0 Å². The number of aryl methyl sites for hydroxylation is 1. The summed E-state index contributed by atoms with van der Waals surface area (Å²) in [6.45, 7) is 1.95. The second kappa shape index (κ2) is 9.45. The fraction of sp³-hybridized carbons (Fsp3) is 0.263. The van der Waals surface area contributed by atoms with Crippen molar-refractivity contribution in [2.24, 2.45) is 0 Å². The Hall–Kier alpha value is -3.49. The Morgan fingerprint density at radius 1 is 1.21 bits per heavy atom. The molecule has 0 aromatic heterocycles. The molecule has 2 rings (SSSR count). The number of benzene rings is 2. The number of hydrogen-bond donors (Lipinski definition) is 3. The van der Waals surface area contributed by atoms with Crippen molar-refractivity contribution in [2.75, 3.05) is 11.9 Å². The van der Waals surface area contributed by atoms with Gasteiger partial charge < -0.3 is 15.7 Å². The Bertz CT molecular complexity index is 870. The number of halogens is 1. The van der Waals surface area contributed by atoms with Gasteiger partial charge in [0.25, 0.3) is 5.69 Å². The van der Waals surface area contributed by atoms with Crippen molar-refractivity contribution < 1.29 is 24.0 Å². The fourth-order valence-electron chi connectivity index (χ4n) is 2.55. The molecule has 0 aliphatic heterocycles. The molecular weight excluding hydrogens is 369 g/mol. The number of nitro groups is 1. The van der Waals surface area contributed by atoms with Crippen LogP contribution < -0.4 is 10.6 Å². The minimum atomic E-state index is -1.26. The van der Waals surface area contributed by atoms with E-state index in [-0.39, 0.29) is 12.1 Å². The number of carboxylic acids is 1. The van der Waals surface area contributed by atoms with E-state index >= 15 is 0 Å². The van der Waals surface area contributed by atoms with Crippen LogP contribution in [0.15, 0.2) is 42.5 Å². The highest BCUT2D eigenvalue weighted by atomic mass is 19.1. The molecule has 1 unspecified atom stereocenters. The van der Waals surface area contributed by atoms with Crippen LogP contribution in [0.3, 0.4) is 0 Å². The summed E-state index contributed by atoms with van der Waals surface area (Å²) in [6, 6.07) is 8.51. The summed E-state index contributed by atoms with van der Waals surface area (Å²) >= 11 is 0. The molecule has 3 N–H and O–H groups in total. The van der Waals surface area contributed by atoms with Crippen molar-refractivity contribution in [3.8, 4) is 0 Å². The number of hydrogen-bond acceptors (Lipinski definition) is 5. The van der Waals surface area contributed by atoms with Crippen molar-refractivity contribution in [3.05, 3.63) is 69.5 Å². The molecule has 2 aromatic carbocycles. The number of nitrogens with zero attached hydrogens (tertiary/aromatic N) is 1. The van der Waals surface area contributed by atoms with Crippen LogP contribution in [0.1, 0.15) is 30.0 Å². The van der Waals surface area contributed by atoms with Crippen LogP contribution in [-0.2, 0) is 9.59 Å². The van der Waals surface area contributed by atoms with Crippen LogP contribution in [0, 0.1) is 22.9 Å². The number of nitro benzene ring substituents is 1.